The summed E-state index contributed by atoms with van der Waals surface area (Å²) in [6.45, 7) is 1.98. The Balaban J connectivity index is 1.65. The molecular formula is C18H19N3O2. The number of nitrogens with one attached hydrogen (secondary N) is 1. The molecule has 0 spiro atoms. The highest BCUT2D eigenvalue weighted by Gasteiger charge is 2.10. The zero-order valence-electron chi connectivity index (χ0n) is 13.2. The summed E-state index contributed by atoms with van der Waals surface area (Å²) >= 11 is 0. The number of benzene rings is 1. The number of methoxy groups -OCH3 is 1. The van der Waals surface area contributed by atoms with Gasteiger partial charge in [-0.1, -0.05) is 6.07 Å². The highest BCUT2D eigenvalue weighted by Crippen LogP contribution is 2.16. The zero-order chi connectivity index (χ0) is 16.2. The second kappa shape index (κ2) is 6.52. The first kappa shape index (κ1) is 15.1. The third-order valence-corrected chi connectivity index (χ3v) is 3.79. The molecule has 0 fully saturated rings. The Labute approximate surface area is 134 Å². The summed E-state index contributed by atoms with van der Waals surface area (Å²) in [4.78, 5) is 16.6. The maximum Gasteiger partial charge on any atom is 0.224 e. The SMILES string of the molecule is COc1ccc(NC(=O)CCc2c(C)nc3ccccn23)cc1. The van der Waals surface area contributed by atoms with Crippen LogP contribution >= 0.6 is 0 Å². The fourth-order valence-corrected chi connectivity index (χ4v) is 2.60. The minimum absolute atomic E-state index is 0.0135. The Morgan fingerprint density at radius 2 is 2.00 bits per heavy atom. The van der Waals surface area contributed by atoms with E-state index in [4.69, 9.17) is 4.74 Å². The zero-order valence-corrected chi connectivity index (χ0v) is 13.2. The molecule has 3 rings (SSSR count). The standard InChI is InChI=1S/C18H19N3O2/c1-13-16(21-12-4-3-5-17(21)19-13)10-11-18(22)20-14-6-8-15(23-2)9-7-14/h3-9,12H,10-11H2,1-2H3,(H,20,22). The Kier molecular flexibility index (Phi) is 4.28. The summed E-state index contributed by atoms with van der Waals surface area (Å²) in [5.41, 5.74) is 3.72. The minimum atomic E-state index is -0.0135. The topological polar surface area (TPSA) is 55.6 Å². The summed E-state index contributed by atoms with van der Waals surface area (Å²) in [6, 6.07) is 13.2. The Morgan fingerprint density at radius 1 is 1.22 bits per heavy atom. The molecular weight excluding hydrogens is 290 g/mol. The van der Waals surface area contributed by atoms with E-state index in [1.165, 1.54) is 0 Å². The van der Waals surface area contributed by atoms with Gasteiger partial charge in [0.25, 0.3) is 0 Å². The molecule has 0 saturated carbocycles. The summed E-state index contributed by atoms with van der Waals surface area (Å²) in [6.07, 6.45) is 3.04. The highest BCUT2D eigenvalue weighted by molar-refractivity contribution is 5.90. The van der Waals surface area contributed by atoms with Crippen molar-refractivity contribution >= 4 is 17.2 Å². The van der Waals surface area contributed by atoms with Crippen molar-refractivity contribution in [3.05, 3.63) is 60.0 Å². The highest BCUT2D eigenvalue weighted by atomic mass is 16.5. The van der Waals surface area contributed by atoms with Gasteiger partial charge in [0.2, 0.25) is 5.91 Å². The number of hydrogen-bond acceptors (Lipinski definition) is 3. The van der Waals surface area contributed by atoms with Gasteiger partial charge in [-0.2, -0.15) is 0 Å². The lowest BCUT2D eigenvalue weighted by Gasteiger charge is -2.07. The van der Waals surface area contributed by atoms with Crippen LogP contribution in [-0.2, 0) is 11.2 Å². The van der Waals surface area contributed by atoms with E-state index in [0.717, 1.165) is 28.5 Å². The van der Waals surface area contributed by atoms with Gasteiger partial charge in [0, 0.05) is 24.0 Å². The van der Waals surface area contributed by atoms with Gasteiger partial charge in [-0.05, 0) is 49.7 Å². The van der Waals surface area contributed by atoms with Gasteiger partial charge in [0.05, 0.1) is 12.8 Å². The molecule has 0 aliphatic rings. The van der Waals surface area contributed by atoms with Gasteiger partial charge < -0.3 is 14.5 Å². The third kappa shape index (κ3) is 3.34. The Morgan fingerprint density at radius 3 is 2.74 bits per heavy atom. The van der Waals surface area contributed by atoms with Crippen molar-refractivity contribution in [1.29, 1.82) is 0 Å². The molecule has 118 valence electrons. The van der Waals surface area contributed by atoms with E-state index in [0.29, 0.717) is 12.8 Å². The number of rotatable bonds is 5. The summed E-state index contributed by atoms with van der Waals surface area (Å²) in [7, 11) is 1.62. The summed E-state index contributed by atoms with van der Waals surface area (Å²) < 4.78 is 7.14. The van der Waals surface area contributed by atoms with Crippen LogP contribution in [0.2, 0.25) is 0 Å². The molecule has 0 bridgehead atoms. The largest absolute Gasteiger partial charge is 0.497 e. The van der Waals surface area contributed by atoms with Gasteiger partial charge in [0.15, 0.2) is 0 Å². The molecule has 3 aromatic rings. The number of carbonyl (C=O) groups is 1. The van der Waals surface area contributed by atoms with Crippen molar-refractivity contribution < 1.29 is 9.53 Å². The maximum absolute atomic E-state index is 12.1. The average molecular weight is 309 g/mol. The smallest absolute Gasteiger partial charge is 0.224 e. The van der Waals surface area contributed by atoms with Crippen molar-refractivity contribution in [2.75, 3.05) is 12.4 Å². The molecule has 2 aromatic heterocycles. The van der Waals surface area contributed by atoms with Crippen molar-refractivity contribution in [1.82, 2.24) is 9.38 Å². The van der Waals surface area contributed by atoms with Gasteiger partial charge >= 0.3 is 0 Å². The number of nitrogens with zero attached hydrogens (tertiary/aromatic N) is 2. The second-order valence-corrected chi connectivity index (χ2v) is 5.35. The van der Waals surface area contributed by atoms with Crippen LogP contribution in [0.5, 0.6) is 5.75 Å². The first-order chi connectivity index (χ1) is 11.2. The third-order valence-electron chi connectivity index (χ3n) is 3.79. The molecule has 0 atom stereocenters. The van der Waals surface area contributed by atoms with Crippen LogP contribution < -0.4 is 10.1 Å². The molecule has 0 unspecified atom stereocenters. The number of pyridine rings is 1. The van der Waals surface area contributed by atoms with E-state index in [9.17, 15) is 4.79 Å². The van der Waals surface area contributed by atoms with Crippen molar-refractivity contribution in [3.63, 3.8) is 0 Å². The van der Waals surface area contributed by atoms with E-state index in [2.05, 4.69) is 10.3 Å². The molecule has 2 heterocycles. The number of amides is 1. The number of ether oxygens (including phenoxy) is 1. The van der Waals surface area contributed by atoms with Gasteiger partial charge in [-0.3, -0.25) is 4.79 Å². The first-order valence-electron chi connectivity index (χ1n) is 7.54. The number of aryl methyl sites for hydroxylation is 2. The summed E-state index contributed by atoms with van der Waals surface area (Å²) in [5.74, 6) is 0.754. The van der Waals surface area contributed by atoms with Crippen LogP contribution in [0.15, 0.2) is 48.7 Å². The molecule has 1 amide bonds. The van der Waals surface area contributed by atoms with Crippen LogP contribution in [0.3, 0.4) is 0 Å². The van der Waals surface area contributed by atoms with Crippen molar-refractivity contribution in [2.24, 2.45) is 0 Å². The fourth-order valence-electron chi connectivity index (χ4n) is 2.60. The molecule has 23 heavy (non-hydrogen) atoms. The molecule has 0 aliphatic carbocycles. The van der Waals surface area contributed by atoms with E-state index in [-0.39, 0.29) is 5.91 Å². The second-order valence-electron chi connectivity index (χ2n) is 5.35. The number of anilines is 1. The number of hydrogen-bond donors (Lipinski definition) is 1. The predicted molar refractivity (Wildman–Crippen MR) is 89.9 cm³/mol. The van der Waals surface area contributed by atoms with Gasteiger partial charge in [0.1, 0.15) is 11.4 Å². The van der Waals surface area contributed by atoms with E-state index in [1.54, 1.807) is 7.11 Å². The lowest BCUT2D eigenvalue weighted by atomic mass is 10.2. The van der Waals surface area contributed by atoms with Gasteiger partial charge in [-0.15, -0.1) is 0 Å². The van der Waals surface area contributed by atoms with Crippen LogP contribution in [-0.4, -0.2) is 22.4 Å². The van der Waals surface area contributed by atoms with Gasteiger partial charge in [-0.25, -0.2) is 4.98 Å². The van der Waals surface area contributed by atoms with E-state index < -0.39 is 0 Å². The maximum atomic E-state index is 12.1. The van der Waals surface area contributed by atoms with Crippen molar-refractivity contribution in [3.8, 4) is 5.75 Å². The summed E-state index contributed by atoms with van der Waals surface area (Å²) in [5, 5.41) is 2.90. The van der Waals surface area contributed by atoms with Crippen molar-refractivity contribution in [2.45, 2.75) is 19.8 Å². The van der Waals surface area contributed by atoms with Crippen LogP contribution in [0.25, 0.3) is 5.65 Å². The minimum Gasteiger partial charge on any atom is -0.497 e. The lowest BCUT2D eigenvalue weighted by Crippen LogP contribution is -2.13. The molecule has 0 saturated heterocycles. The van der Waals surface area contributed by atoms with Crippen LogP contribution in [0.1, 0.15) is 17.8 Å². The quantitative estimate of drug-likeness (QED) is 0.787. The first-order valence-corrected chi connectivity index (χ1v) is 7.54. The molecule has 5 heteroatoms. The number of imidazole rings is 1. The molecule has 1 N–H and O–H groups in total. The molecule has 5 nitrogen and oxygen atoms in total. The van der Waals surface area contributed by atoms with E-state index >= 15 is 0 Å². The average Bonchev–Trinajstić information content (AvgIpc) is 2.89. The monoisotopic (exact) mass is 309 g/mol. The number of fused-ring (bicyclic) bond motifs is 1. The Hall–Kier alpha value is -2.82. The lowest BCUT2D eigenvalue weighted by molar-refractivity contribution is -0.116. The van der Waals surface area contributed by atoms with Crippen LogP contribution in [0, 0.1) is 6.92 Å². The Bertz CT molecular complexity index is 822. The fraction of sp³-hybridized carbons (Fsp3) is 0.222. The molecule has 0 aliphatic heterocycles. The molecule has 1 aromatic carbocycles. The normalized spacial score (nSPS) is 10.7. The van der Waals surface area contributed by atoms with Crippen LogP contribution in [0.4, 0.5) is 5.69 Å². The molecule has 0 radical (unpaired) electrons. The number of aromatic nitrogens is 2. The number of carbonyl (C=O) groups excluding carboxylic acids is 1. The van der Waals surface area contributed by atoms with E-state index in [1.807, 2.05) is 60.0 Å². The predicted octanol–water partition coefficient (Wildman–Crippen LogP) is 3.22.